The number of allylic oxidation sites excluding steroid dienone is 5. The summed E-state index contributed by atoms with van der Waals surface area (Å²) in [7, 11) is 0. The number of rotatable bonds is 2. The molecule has 0 amide bonds. The van der Waals surface area contributed by atoms with Crippen LogP contribution in [0.2, 0.25) is 0 Å². The Balaban J connectivity index is 0.000000194. The van der Waals surface area contributed by atoms with Gasteiger partial charge in [-0.25, -0.2) is 0 Å². The molecule has 2 aromatic heterocycles. The summed E-state index contributed by atoms with van der Waals surface area (Å²) in [6.07, 6.45) is 16.7. The van der Waals surface area contributed by atoms with Crippen molar-refractivity contribution in [3.63, 3.8) is 0 Å². The van der Waals surface area contributed by atoms with Gasteiger partial charge in [0.25, 0.3) is 0 Å². The van der Waals surface area contributed by atoms with Crippen LogP contribution in [-0.4, -0.2) is 9.97 Å². The van der Waals surface area contributed by atoms with Crippen LogP contribution in [0, 0.1) is 23.3 Å². The van der Waals surface area contributed by atoms with Crippen LogP contribution in [0.25, 0.3) is 28.6 Å². The van der Waals surface area contributed by atoms with Gasteiger partial charge in [0.15, 0.2) is 0 Å². The topological polar surface area (TPSA) is 49.6 Å². The fourth-order valence-corrected chi connectivity index (χ4v) is 5.28. The van der Waals surface area contributed by atoms with Crippen LogP contribution in [0.4, 0.5) is 0 Å². The zero-order chi connectivity index (χ0) is 29.9. The quantitative estimate of drug-likeness (QED) is 0.193. The van der Waals surface area contributed by atoms with Gasteiger partial charge in [0.05, 0.1) is 11.8 Å². The van der Waals surface area contributed by atoms with E-state index in [-0.39, 0.29) is 30.9 Å². The van der Waals surface area contributed by atoms with Gasteiger partial charge in [-0.05, 0) is 57.8 Å². The minimum absolute atomic E-state index is 0. The first-order valence-corrected chi connectivity index (χ1v) is 14.6. The Morgan fingerprint density at radius 2 is 1.47 bits per heavy atom. The molecule has 2 aliphatic carbocycles. The Hall–Kier alpha value is -3.90. The van der Waals surface area contributed by atoms with Crippen LogP contribution in [0.15, 0.2) is 103 Å². The van der Waals surface area contributed by atoms with Gasteiger partial charge in [-0.3, -0.25) is 4.98 Å². The van der Waals surface area contributed by atoms with E-state index in [2.05, 4.69) is 143 Å². The van der Waals surface area contributed by atoms with Crippen LogP contribution in [-0.2, 0) is 30.9 Å². The van der Waals surface area contributed by atoms with Crippen molar-refractivity contribution in [3.8, 4) is 28.6 Å². The Labute approximate surface area is 270 Å². The average Bonchev–Trinajstić information content (AvgIpc) is 3.00. The molecule has 2 atom stereocenters. The summed E-state index contributed by atoms with van der Waals surface area (Å²) < 4.78 is 0. The van der Waals surface area contributed by atoms with Crippen LogP contribution < -0.4 is 0 Å². The van der Waals surface area contributed by atoms with Gasteiger partial charge < -0.3 is 4.98 Å². The smallest absolute Gasteiger partial charge is 0.0984 e. The number of nitrogens with zero attached hydrogens (tertiary/aromatic N) is 3. The molecule has 0 saturated carbocycles. The first kappa shape index (κ1) is 32.0. The third-order valence-corrected chi connectivity index (χ3v) is 7.87. The van der Waals surface area contributed by atoms with Crippen LogP contribution in [0.3, 0.4) is 0 Å². The predicted octanol–water partition coefficient (Wildman–Crippen LogP) is 9.61. The van der Waals surface area contributed by atoms with Gasteiger partial charge in [-0.15, -0.1) is 41.0 Å². The van der Waals surface area contributed by atoms with Crippen molar-refractivity contribution in [2.75, 3.05) is 0 Å². The standard InChI is InChI=1S/C20H13N2.C19H25N.Ir/c21-13-14-9-10-22-20(11-14)17-8-7-16-6-5-15-3-1-2-4-18(15)19(16)12-17;1-18(2,3)15-9-7-8-14(12-15)17-13-16(10-11-20-17)19(4,5)6;/h1-7,9-12,15,18H;7-13H,1-6H3;/q-1;;. The molecular formula is C39H38IrN3-. The fourth-order valence-electron chi connectivity index (χ4n) is 5.28. The zero-order valence-corrected chi connectivity index (χ0v) is 28.1. The SMILES string of the molecule is CC(C)(C)c1cccc(-c2cc(C(C)(C)C)ccn2)c1.N#Cc1ccnc(-c2[c-]cc3c(c2)C2C=CC=CC2C=C3)c1.[Ir]. The van der Waals surface area contributed by atoms with E-state index in [1.165, 1.54) is 27.8 Å². The second kappa shape index (κ2) is 13.2. The number of nitriles is 1. The van der Waals surface area contributed by atoms with E-state index in [4.69, 9.17) is 5.26 Å². The van der Waals surface area contributed by atoms with Gasteiger partial charge in [-0.1, -0.05) is 96.2 Å². The number of hydrogen-bond donors (Lipinski definition) is 0. The molecule has 2 aliphatic rings. The van der Waals surface area contributed by atoms with Crippen molar-refractivity contribution in [1.82, 2.24) is 9.97 Å². The minimum Gasteiger partial charge on any atom is -0.305 e. The zero-order valence-electron chi connectivity index (χ0n) is 25.7. The monoisotopic (exact) mass is 741 g/mol. The van der Waals surface area contributed by atoms with Crippen LogP contribution in [0.5, 0.6) is 0 Å². The van der Waals surface area contributed by atoms with E-state index >= 15 is 0 Å². The molecule has 0 saturated heterocycles. The second-order valence-corrected chi connectivity index (χ2v) is 13.0. The molecule has 1 radical (unpaired) electrons. The Morgan fingerprint density at radius 3 is 2.21 bits per heavy atom. The van der Waals surface area contributed by atoms with Crippen LogP contribution in [0.1, 0.15) is 75.3 Å². The molecule has 6 rings (SSSR count). The van der Waals surface area contributed by atoms with E-state index in [0.717, 1.165) is 17.0 Å². The molecule has 4 heteroatoms. The maximum Gasteiger partial charge on any atom is 0.0984 e. The average molecular weight is 741 g/mol. The maximum atomic E-state index is 9.04. The number of benzene rings is 2. The van der Waals surface area contributed by atoms with Crippen LogP contribution >= 0.6 is 0 Å². The summed E-state index contributed by atoms with van der Waals surface area (Å²) in [5, 5.41) is 9.04. The van der Waals surface area contributed by atoms with E-state index in [9.17, 15) is 0 Å². The Bertz CT molecular complexity index is 1670. The molecule has 0 N–H and O–H groups in total. The molecule has 2 aromatic carbocycles. The van der Waals surface area contributed by atoms with Gasteiger partial charge in [0.1, 0.15) is 0 Å². The van der Waals surface area contributed by atoms with Gasteiger partial charge in [0, 0.05) is 49.5 Å². The maximum absolute atomic E-state index is 9.04. The molecule has 4 aromatic rings. The molecule has 0 bridgehead atoms. The van der Waals surface area contributed by atoms with E-state index in [1.54, 1.807) is 12.3 Å². The minimum atomic E-state index is 0. The first-order chi connectivity index (χ1) is 20.0. The van der Waals surface area contributed by atoms with Gasteiger partial charge in [-0.2, -0.15) is 5.26 Å². The number of pyridine rings is 2. The third kappa shape index (κ3) is 7.55. The fraction of sp³-hybridized carbons (Fsp3) is 0.256. The molecular weight excluding hydrogens is 703 g/mol. The third-order valence-electron chi connectivity index (χ3n) is 7.87. The molecule has 2 heterocycles. The van der Waals surface area contributed by atoms with E-state index < -0.39 is 0 Å². The normalized spacial score (nSPS) is 16.6. The second-order valence-electron chi connectivity index (χ2n) is 13.0. The molecule has 0 fully saturated rings. The van der Waals surface area contributed by atoms with Gasteiger partial charge >= 0.3 is 0 Å². The van der Waals surface area contributed by atoms with Crippen molar-refractivity contribution in [3.05, 3.63) is 137 Å². The summed E-state index contributed by atoms with van der Waals surface area (Å²) in [4.78, 5) is 8.92. The number of aromatic nitrogens is 2. The Morgan fingerprint density at radius 1 is 0.767 bits per heavy atom. The summed E-state index contributed by atoms with van der Waals surface area (Å²) in [6, 6.07) is 26.2. The first-order valence-electron chi connectivity index (χ1n) is 14.6. The van der Waals surface area contributed by atoms with Crippen molar-refractivity contribution in [2.24, 2.45) is 5.92 Å². The van der Waals surface area contributed by atoms with Crippen molar-refractivity contribution < 1.29 is 20.1 Å². The summed E-state index contributed by atoms with van der Waals surface area (Å²) >= 11 is 0. The molecule has 2 unspecified atom stereocenters. The molecule has 219 valence electrons. The molecule has 3 nitrogen and oxygen atoms in total. The Kier molecular flexibility index (Phi) is 9.81. The van der Waals surface area contributed by atoms with Crippen molar-refractivity contribution in [2.45, 2.75) is 58.3 Å². The van der Waals surface area contributed by atoms with Crippen molar-refractivity contribution in [1.29, 1.82) is 5.26 Å². The summed E-state index contributed by atoms with van der Waals surface area (Å²) in [5.74, 6) is 0.795. The number of hydrogen-bond acceptors (Lipinski definition) is 3. The molecule has 43 heavy (non-hydrogen) atoms. The predicted molar refractivity (Wildman–Crippen MR) is 174 cm³/mol. The van der Waals surface area contributed by atoms with Crippen molar-refractivity contribution >= 4 is 6.08 Å². The van der Waals surface area contributed by atoms with E-state index in [1.807, 2.05) is 18.3 Å². The molecule has 0 aliphatic heterocycles. The summed E-state index contributed by atoms with van der Waals surface area (Å²) in [5.41, 5.74) is 10.1. The summed E-state index contributed by atoms with van der Waals surface area (Å²) in [6.45, 7) is 13.4. The number of fused-ring (bicyclic) bond motifs is 3. The van der Waals surface area contributed by atoms with Gasteiger partial charge in [0.2, 0.25) is 0 Å². The van der Waals surface area contributed by atoms with E-state index in [0.29, 0.717) is 17.4 Å². The molecule has 0 spiro atoms. The largest absolute Gasteiger partial charge is 0.305 e.